The molecule has 0 bridgehead atoms. The third kappa shape index (κ3) is 3.48. The van der Waals surface area contributed by atoms with Crippen LogP contribution in [-0.2, 0) is 16.0 Å². The molecule has 19 heavy (non-hydrogen) atoms. The second-order valence-corrected chi connectivity index (χ2v) is 4.30. The number of halogens is 1. The van der Waals surface area contributed by atoms with Crippen molar-refractivity contribution in [1.29, 1.82) is 0 Å². The van der Waals surface area contributed by atoms with E-state index < -0.39 is 6.10 Å². The summed E-state index contributed by atoms with van der Waals surface area (Å²) in [5.74, 6) is -0.345. The number of rotatable bonds is 5. The van der Waals surface area contributed by atoms with Gasteiger partial charge >= 0.3 is 0 Å². The molecule has 3 heteroatoms. The fraction of sp³-hybridized carbons (Fsp3) is 0.188. The van der Waals surface area contributed by atoms with Crippen LogP contribution in [0.2, 0.25) is 0 Å². The molecule has 1 atom stereocenters. The van der Waals surface area contributed by atoms with Gasteiger partial charge in [-0.15, -0.1) is 0 Å². The molecule has 0 fully saturated rings. The highest BCUT2D eigenvalue weighted by atomic mass is 19.1. The van der Waals surface area contributed by atoms with Crippen molar-refractivity contribution in [2.75, 3.05) is 7.11 Å². The van der Waals surface area contributed by atoms with E-state index >= 15 is 0 Å². The van der Waals surface area contributed by atoms with E-state index in [0.29, 0.717) is 0 Å². The highest BCUT2D eigenvalue weighted by molar-refractivity contribution is 5.86. The maximum atomic E-state index is 12.8. The lowest BCUT2D eigenvalue weighted by Gasteiger charge is -2.14. The Morgan fingerprint density at radius 2 is 1.74 bits per heavy atom. The molecule has 0 aliphatic carbocycles. The minimum Gasteiger partial charge on any atom is -0.369 e. The van der Waals surface area contributed by atoms with Gasteiger partial charge in [0.05, 0.1) is 0 Å². The second-order valence-electron chi connectivity index (χ2n) is 4.30. The maximum absolute atomic E-state index is 12.8. The number of hydrogen-bond donors (Lipinski definition) is 0. The van der Waals surface area contributed by atoms with E-state index in [1.165, 1.54) is 19.2 Å². The van der Waals surface area contributed by atoms with E-state index in [1.54, 1.807) is 12.1 Å². The summed E-state index contributed by atoms with van der Waals surface area (Å²) in [5.41, 5.74) is 1.61. The first-order valence-electron chi connectivity index (χ1n) is 6.05. The third-order valence-corrected chi connectivity index (χ3v) is 2.92. The van der Waals surface area contributed by atoms with Gasteiger partial charge in [0.25, 0.3) is 0 Å². The summed E-state index contributed by atoms with van der Waals surface area (Å²) >= 11 is 0. The molecule has 2 rings (SSSR count). The summed E-state index contributed by atoms with van der Waals surface area (Å²) in [6.07, 6.45) is -0.348. The smallest absolute Gasteiger partial charge is 0.170 e. The average Bonchev–Trinajstić information content (AvgIpc) is 2.43. The number of methoxy groups -OCH3 is 1. The number of carbonyl (C=O) groups excluding carboxylic acids is 1. The molecule has 2 nitrogen and oxygen atoms in total. The molecule has 0 radical (unpaired) electrons. The van der Waals surface area contributed by atoms with Crippen LogP contribution in [0.3, 0.4) is 0 Å². The van der Waals surface area contributed by atoms with Crippen molar-refractivity contribution < 1.29 is 13.9 Å². The molecule has 1 unspecified atom stereocenters. The summed E-state index contributed by atoms with van der Waals surface area (Å²) in [5, 5.41) is 0. The lowest BCUT2D eigenvalue weighted by Crippen LogP contribution is -2.16. The minimum absolute atomic E-state index is 0.0414. The Labute approximate surface area is 111 Å². The number of Topliss-reactive ketones (excluding diaryl/α,β-unsaturated/α-hetero) is 1. The topological polar surface area (TPSA) is 26.3 Å². The predicted molar refractivity (Wildman–Crippen MR) is 71.3 cm³/mol. The van der Waals surface area contributed by atoms with Gasteiger partial charge in [0.1, 0.15) is 11.9 Å². The number of benzene rings is 2. The molecule has 0 N–H and O–H groups in total. The molecule has 0 spiro atoms. The lowest BCUT2D eigenvalue weighted by molar-refractivity contribution is -0.128. The third-order valence-electron chi connectivity index (χ3n) is 2.92. The molecular weight excluding hydrogens is 243 g/mol. The molecule has 0 saturated carbocycles. The Morgan fingerprint density at radius 1 is 1.11 bits per heavy atom. The van der Waals surface area contributed by atoms with E-state index in [0.717, 1.165) is 11.1 Å². The van der Waals surface area contributed by atoms with E-state index in [1.807, 2.05) is 30.3 Å². The van der Waals surface area contributed by atoms with Crippen molar-refractivity contribution in [3.05, 3.63) is 71.5 Å². The Kier molecular flexibility index (Phi) is 4.42. The number of hydrogen-bond acceptors (Lipinski definition) is 2. The number of ketones is 1. The van der Waals surface area contributed by atoms with Gasteiger partial charge in [-0.1, -0.05) is 42.5 Å². The molecule has 0 aliphatic heterocycles. The number of carbonyl (C=O) groups is 1. The predicted octanol–water partition coefficient (Wildman–Crippen LogP) is 3.33. The van der Waals surface area contributed by atoms with Gasteiger partial charge in [-0.05, 0) is 23.3 Å². The zero-order chi connectivity index (χ0) is 13.7. The van der Waals surface area contributed by atoms with Crippen LogP contribution >= 0.6 is 0 Å². The van der Waals surface area contributed by atoms with E-state index in [9.17, 15) is 9.18 Å². The van der Waals surface area contributed by atoms with Gasteiger partial charge in [0.2, 0.25) is 0 Å². The molecule has 0 aromatic heterocycles. The lowest BCUT2D eigenvalue weighted by atomic mass is 10.00. The van der Waals surface area contributed by atoms with Crippen LogP contribution in [0.15, 0.2) is 54.6 Å². The van der Waals surface area contributed by atoms with E-state index in [-0.39, 0.29) is 18.0 Å². The van der Waals surface area contributed by atoms with Crippen LogP contribution < -0.4 is 0 Å². The molecule has 98 valence electrons. The zero-order valence-corrected chi connectivity index (χ0v) is 10.7. The summed E-state index contributed by atoms with van der Waals surface area (Å²) in [4.78, 5) is 12.2. The quantitative estimate of drug-likeness (QED) is 0.822. The summed E-state index contributed by atoms with van der Waals surface area (Å²) in [7, 11) is 1.51. The number of ether oxygens (including phenoxy) is 1. The minimum atomic E-state index is -0.578. The molecule has 2 aromatic carbocycles. The Morgan fingerprint density at radius 3 is 2.32 bits per heavy atom. The Hall–Kier alpha value is -2.00. The van der Waals surface area contributed by atoms with Crippen molar-refractivity contribution in [3.8, 4) is 0 Å². The van der Waals surface area contributed by atoms with Crippen molar-refractivity contribution in [2.24, 2.45) is 0 Å². The van der Waals surface area contributed by atoms with Gasteiger partial charge < -0.3 is 4.74 Å². The first-order valence-corrected chi connectivity index (χ1v) is 6.05. The molecule has 2 aromatic rings. The molecule has 0 amide bonds. The van der Waals surface area contributed by atoms with Crippen LogP contribution in [0, 0.1) is 5.82 Å². The van der Waals surface area contributed by atoms with Crippen molar-refractivity contribution >= 4 is 5.78 Å². The zero-order valence-electron chi connectivity index (χ0n) is 10.7. The summed E-state index contributed by atoms with van der Waals surface area (Å²) < 4.78 is 18.1. The van der Waals surface area contributed by atoms with Crippen LogP contribution in [0.25, 0.3) is 0 Å². The molecular formula is C16H15FO2. The summed E-state index contributed by atoms with van der Waals surface area (Å²) in [6, 6.07) is 15.3. The van der Waals surface area contributed by atoms with Gasteiger partial charge in [-0.25, -0.2) is 4.39 Å². The monoisotopic (exact) mass is 258 g/mol. The van der Waals surface area contributed by atoms with E-state index in [2.05, 4.69) is 0 Å². The highest BCUT2D eigenvalue weighted by Crippen LogP contribution is 2.19. The first kappa shape index (κ1) is 13.4. The Bertz CT molecular complexity index is 534. The SMILES string of the molecule is COC(C(=O)Cc1ccc(F)cc1)c1ccccc1. The average molecular weight is 258 g/mol. The first-order chi connectivity index (χ1) is 9.20. The standard InChI is InChI=1S/C16H15FO2/c1-19-16(13-5-3-2-4-6-13)15(18)11-12-7-9-14(17)10-8-12/h2-10,16H,11H2,1H3. The van der Waals surface area contributed by atoms with Crippen molar-refractivity contribution in [2.45, 2.75) is 12.5 Å². The largest absolute Gasteiger partial charge is 0.369 e. The summed E-state index contributed by atoms with van der Waals surface area (Å²) in [6.45, 7) is 0. The van der Waals surface area contributed by atoms with Gasteiger partial charge in [0.15, 0.2) is 5.78 Å². The molecule has 0 aliphatic rings. The second kappa shape index (κ2) is 6.25. The van der Waals surface area contributed by atoms with Crippen molar-refractivity contribution in [3.63, 3.8) is 0 Å². The van der Waals surface area contributed by atoms with Crippen LogP contribution in [-0.4, -0.2) is 12.9 Å². The molecule has 0 heterocycles. The van der Waals surface area contributed by atoms with Gasteiger partial charge in [-0.3, -0.25) is 4.79 Å². The fourth-order valence-corrected chi connectivity index (χ4v) is 1.98. The maximum Gasteiger partial charge on any atom is 0.170 e. The van der Waals surface area contributed by atoms with Crippen molar-refractivity contribution in [1.82, 2.24) is 0 Å². The normalized spacial score (nSPS) is 12.1. The molecule has 0 saturated heterocycles. The fourth-order valence-electron chi connectivity index (χ4n) is 1.98. The van der Waals surface area contributed by atoms with Gasteiger partial charge in [0, 0.05) is 13.5 Å². The van der Waals surface area contributed by atoms with Crippen LogP contribution in [0.4, 0.5) is 4.39 Å². The van der Waals surface area contributed by atoms with Crippen LogP contribution in [0.5, 0.6) is 0 Å². The van der Waals surface area contributed by atoms with Crippen LogP contribution in [0.1, 0.15) is 17.2 Å². The van der Waals surface area contributed by atoms with E-state index in [4.69, 9.17) is 4.74 Å². The Balaban J connectivity index is 2.11. The highest BCUT2D eigenvalue weighted by Gasteiger charge is 2.19. The van der Waals surface area contributed by atoms with Gasteiger partial charge in [-0.2, -0.15) is 0 Å².